The van der Waals surface area contributed by atoms with E-state index in [-0.39, 0.29) is 36.3 Å². The third-order valence-corrected chi connectivity index (χ3v) is 3.20. The van der Waals surface area contributed by atoms with Gasteiger partial charge in [-0.25, -0.2) is 0 Å². The van der Waals surface area contributed by atoms with Crippen molar-refractivity contribution in [1.29, 1.82) is 0 Å². The van der Waals surface area contributed by atoms with Crippen LogP contribution in [0.4, 0.5) is 0 Å². The van der Waals surface area contributed by atoms with Gasteiger partial charge in [0, 0.05) is 32.2 Å². The Morgan fingerprint density at radius 2 is 1.88 bits per heavy atom. The van der Waals surface area contributed by atoms with Crippen LogP contribution in [-0.2, 0) is 0 Å². The highest BCUT2D eigenvalue weighted by atomic mass is 35.5. The summed E-state index contributed by atoms with van der Waals surface area (Å²) < 4.78 is 0. The molecule has 3 nitrogen and oxygen atoms in total. The zero-order valence-electron chi connectivity index (χ0n) is 10.7. The molecule has 0 spiro atoms. The Kier molecular flexibility index (Phi) is 9.08. The number of aliphatic hydroxyl groups excluding tert-OH is 1. The number of hydrogen-bond donors (Lipinski definition) is 2. The average molecular weight is 273 g/mol. The van der Waals surface area contributed by atoms with Gasteiger partial charge in [-0.05, 0) is 12.3 Å². The Hall–Kier alpha value is 0.460. The van der Waals surface area contributed by atoms with E-state index in [2.05, 4.69) is 37.9 Å². The quantitative estimate of drug-likeness (QED) is 0.760. The summed E-state index contributed by atoms with van der Waals surface area (Å²) in [6.45, 7) is 12.6. The van der Waals surface area contributed by atoms with E-state index >= 15 is 0 Å². The van der Waals surface area contributed by atoms with Crippen LogP contribution in [0.15, 0.2) is 0 Å². The van der Waals surface area contributed by atoms with Crippen molar-refractivity contribution in [1.82, 2.24) is 10.2 Å². The number of rotatable bonds is 1. The molecule has 0 aliphatic carbocycles. The lowest BCUT2D eigenvalue weighted by atomic mass is 9.87. The molecule has 5 heteroatoms. The van der Waals surface area contributed by atoms with Crippen LogP contribution in [0.1, 0.15) is 27.7 Å². The van der Waals surface area contributed by atoms with Crippen molar-refractivity contribution in [3.8, 4) is 0 Å². The molecule has 1 aliphatic rings. The molecule has 100 valence electrons. The molecule has 1 saturated heterocycles. The van der Waals surface area contributed by atoms with Crippen LogP contribution < -0.4 is 5.32 Å². The predicted octanol–water partition coefficient (Wildman–Crippen LogP) is 1.53. The van der Waals surface area contributed by atoms with E-state index in [9.17, 15) is 5.11 Å². The molecule has 0 aromatic rings. The minimum absolute atomic E-state index is 0. The Balaban J connectivity index is 0. The molecule has 0 bridgehead atoms. The first kappa shape index (κ1) is 18.8. The zero-order chi connectivity index (χ0) is 10.8. The fraction of sp³-hybridized carbons (Fsp3) is 1.00. The minimum Gasteiger partial charge on any atom is -0.390 e. The number of nitrogens with one attached hydrogen (secondary N) is 1. The lowest BCUT2D eigenvalue weighted by molar-refractivity contribution is 0.0688. The standard InChI is InChI=1S/C11H24N2O.2ClH/c1-9(11(2,3)4)13-6-5-12-7-10(14)8-13;;/h9-10,12,14H,5-8H2,1-4H3;2*1H/t9?,10-;;/m0../s1. The van der Waals surface area contributed by atoms with Crippen molar-refractivity contribution in [2.24, 2.45) is 5.41 Å². The van der Waals surface area contributed by atoms with E-state index in [0.717, 1.165) is 26.2 Å². The van der Waals surface area contributed by atoms with Crippen LogP contribution in [0, 0.1) is 5.41 Å². The van der Waals surface area contributed by atoms with Gasteiger partial charge in [-0.2, -0.15) is 0 Å². The van der Waals surface area contributed by atoms with Gasteiger partial charge < -0.3 is 10.4 Å². The van der Waals surface area contributed by atoms with Crippen molar-refractivity contribution in [2.45, 2.75) is 39.8 Å². The molecule has 1 heterocycles. The number of aliphatic hydroxyl groups is 1. The summed E-state index contributed by atoms with van der Waals surface area (Å²) in [6, 6.07) is 0.511. The maximum atomic E-state index is 9.67. The molecule has 16 heavy (non-hydrogen) atoms. The number of β-amino-alcohol motifs (C(OH)–C–C–N with tert-alkyl or cyclic N) is 1. The Labute approximate surface area is 112 Å². The summed E-state index contributed by atoms with van der Waals surface area (Å²) >= 11 is 0. The highest BCUT2D eigenvalue weighted by Crippen LogP contribution is 2.24. The molecule has 1 unspecified atom stereocenters. The van der Waals surface area contributed by atoms with Crippen LogP contribution in [0.5, 0.6) is 0 Å². The second kappa shape index (κ2) is 7.72. The van der Waals surface area contributed by atoms with E-state index in [1.807, 2.05) is 0 Å². The highest BCUT2D eigenvalue weighted by Gasteiger charge is 2.28. The molecule has 1 rings (SSSR count). The predicted molar refractivity (Wildman–Crippen MR) is 73.9 cm³/mol. The molecule has 0 amide bonds. The number of hydrogen-bond acceptors (Lipinski definition) is 3. The average Bonchev–Trinajstić information content (AvgIpc) is 2.26. The van der Waals surface area contributed by atoms with Crippen molar-refractivity contribution in [3.05, 3.63) is 0 Å². The van der Waals surface area contributed by atoms with Crippen molar-refractivity contribution in [3.63, 3.8) is 0 Å². The first-order valence-corrected chi connectivity index (χ1v) is 5.54. The molecule has 0 saturated carbocycles. The van der Waals surface area contributed by atoms with Gasteiger partial charge in [-0.3, -0.25) is 4.90 Å². The maximum absolute atomic E-state index is 9.67. The topological polar surface area (TPSA) is 35.5 Å². The SMILES string of the molecule is CC(N1CCNC[C@H](O)C1)C(C)(C)C.Cl.Cl. The molecule has 0 aromatic carbocycles. The third kappa shape index (κ3) is 5.69. The van der Waals surface area contributed by atoms with Gasteiger partial charge in [0.15, 0.2) is 0 Å². The Bertz CT molecular complexity index is 185. The molecule has 2 N–H and O–H groups in total. The summed E-state index contributed by atoms with van der Waals surface area (Å²) in [4.78, 5) is 2.38. The summed E-state index contributed by atoms with van der Waals surface area (Å²) in [5, 5.41) is 12.9. The van der Waals surface area contributed by atoms with Crippen LogP contribution in [0.3, 0.4) is 0 Å². The summed E-state index contributed by atoms with van der Waals surface area (Å²) in [5.41, 5.74) is 0.282. The van der Waals surface area contributed by atoms with Gasteiger partial charge in [0.05, 0.1) is 6.10 Å². The van der Waals surface area contributed by atoms with Crippen LogP contribution in [-0.4, -0.2) is 48.3 Å². The lowest BCUT2D eigenvalue weighted by Crippen LogP contribution is -2.45. The third-order valence-electron chi connectivity index (χ3n) is 3.20. The van der Waals surface area contributed by atoms with E-state index in [1.165, 1.54) is 0 Å². The number of nitrogens with zero attached hydrogens (tertiary/aromatic N) is 1. The molecule has 2 atom stereocenters. The fourth-order valence-corrected chi connectivity index (χ4v) is 1.82. The minimum atomic E-state index is -0.220. The lowest BCUT2D eigenvalue weighted by Gasteiger charge is -2.37. The highest BCUT2D eigenvalue weighted by molar-refractivity contribution is 5.85. The Morgan fingerprint density at radius 1 is 1.31 bits per heavy atom. The second-order valence-electron chi connectivity index (χ2n) is 5.39. The maximum Gasteiger partial charge on any atom is 0.0791 e. The van der Waals surface area contributed by atoms with E-state index in [1.54, 1.807) is 0 Å². The van der Waals surface area contributed by atoms with Gasteiger partial charge in [0.1, 0.15) is 0 Å². The molecular formula is C11H26Cl2N2O. The molecule has 0 aromatic heterocycles. The van der Waals surface area contributed by atoms with Crippen LogP contribution in [0.2, 0.25) is 0 Å². The monoisotopic (exact) mass is 272 g/mol. The fourth-order valence-electron chi connectivity index (χ4n) is 1.82. The van der Waals surface area contributed by atoms with Gasteiger partial charge >= 0.3 is 0 Å². The second-order valence-corrected chi connectivity index (χ2v) is 5.39. The molecular weight excluding hydrogens is 247 g/mol. The van der Waals surface area contributed by atoms with Crippen LogP contribution >= 0.6 is 24.8 Å². The molecule has 0 radical (unpaired) electrons. The van der Waals surface area contributed by atoms with E-state index in [4.69, 9.17) is 0 Å². The van der Waals surface area contributed by atoms with Gasteiger partial charge in [0.2, 0.25) is 0 Å². The first-order chi connectivity index (χ1) is 6.41. The molecule has 1 fully saturated rings. The number of halogens is 2. The van der Waals surface area contributed by atoms with Gasteiger partial charge in [-0.15, -0.1) is 24.8 Å². The van der Waals surface area contributed by atoms with Crippen molar-refractivity contribution < 1.29 is 5.11 Å². The first-order valence-electron chi connectivity index (χ1n) is 5.54. The van der Waals surface area contributed by atoms with Crippen molar-refractivity contribution >= 4 is 24.8 Å². The zero-order valence-corrected chi connectivity index (χ0v) is 12.3. The van der Waals surface area contributed by atoms with Gasteiger partial charge in [0.25, 0.3) is 0 Å². The molecule has 1 aliphatic heterocycles. The summed E-state index contributed by atoms with van der Waals surface area (Å²) in [6.07, 6.45) is -0.220. The van der Waals surface area contributed by atoms with E-state index < -0.39 is 0 Å². The van der Waals surface area contributed by atoms with Gasteiger partial charge in [-0.1, -0.05) is 20.8 Å². The van der Waals surface area contributed by atoms with E-state index in [0.29, 0.717) is 6.04 Å². The van der Waals surface area contributed by atoms with Crippen LogP contribution in [0.25, 0.3) is 0 Å². The summed E-state index contributed by atoms with van der Waals surface area (Å²) in [5.74, 6) is 0. The normalized spacial score (nSPS) is 24.9. The van der Waals surface area contributed by atoms with Crippen molar-refractivity contribution in [2.75, 3.05) is 26.2 Å². The largest absolute Gasteiger partial charge is 0.390 e. The smallest absolute Gasteiger partial charge is 0.0791 e. The Morgan fingerprint density at radius 3 is 2.38 bits per heavy atom. The summed E-state index contributed by atoms with van der Waals surface area (Å²) in [7, 11) is 0.